The van der Waals surface area contributed by atoms with E-state index in [9.17, 15) is 0 Å². The van der Waals surface area contributed by atoms with E-state index in [0.717, 1.165) is 18.9 Å². The molecule has 2 rings (SSSR count). The topological polar surface area (TPSA) is 29.0 Å². The minimum Gasteiger partial charge on any atom is -0.355 e. The Morgan fingerprint density at radius 2 is 2.00 bits per heavy atom. The molecule has 0 N–H and O–H groups in total. The Labute approximate surface area is 72.4 Å². The van der Waals surface area contributed by atoms with Crippen LogP contribution in [0.4, 0.5) is 5.82 Å². The van der Waals surface area contributed by atoms with Crippen molar-refractivity contribution in [1.82, 2.24) is 9.97 Å². The van der Waals surface area contributed by atoms with Gasteiger partial charge in [0.05, 0.1) is 0 Å². The zero-order valence-electron chi connectivity index (χ0n) is 7.03. The van der Waals surface area contributed by atoms with Crippen molar-refractivity contribution in [2.24, 2.45) is 0 Å². The summed E-state index contributed by atoms with van der Waals surface area (Å²) in [5.74, 6) is 0.900. The minimum absolute atomic E-state index is 0.900. The first-order chi connectivity index (χ1) is 5.97. The first-order valence-electron chi connectivity index (χ1n) is 4.40. The summed E-state index contributed by atoms with van der Waals surface area (Å²) in [6.07, 6.45) is 10.2. The van der Waals surface area contributed by atoms with Crippen molar-refractivity contribution in [3.63, 3.8) is 0 Å². The Bertz CT molecular complexity index is 229. The molecule has 3 heteroatoms. The van der Waals surface area contributed by atoms with Gasteiger partial charge in [0.15, 0.2) is 5.82 Å². The highest BCUT2D eigenvalue weighted by Crippen LogP contribution is 2.14. The third kappa shape index (κ3) is 1.55. The number of hydrogen-bond donors (Lipinski definition) is 0. The van der Waals surface area contributed by atoms with E-state index < -0.39 is 0 Å². The molecule has 1 saturated heterocycles. The zero-order chi connectivity index (χ0) is 8.23. The summed E-state index contributed by atoms with van der Waals surface area (Å²) < 4.78 is 0. The summed E-state index contributed by atoms with van der Waals surface area (Å²) in [7, 11) is 0. The molecular formula is C9H12N3. The SMILES string of the molecule is [c]1nccnc1N1CCCCC1. The van der Waals surface area contributed by atoms with E-state index in [2.05, 4.69) is 21.1 Å². The Kier molecular flexibility index (Phi) is 2.21. The van der Waals surface area contributed by atoms with Gasteiger partial charge in [-0.2, -0.15) is 0 Å². The van der Waals surface area contributed by atoms with Crippen LogP contribution < -0.4 is 4.90 Å². The summed E-state index contributed by atoms with van der Waals surface area (Å²) in [6, 6.07) is 0. The predicted octanol–water partition coefficient (Wildman–Crippen LogP) is 1.27. The normalized spacial score (nSPS) is 17.8. The quantitative estimate of drug-likeness (QED) is 0.622. The van der Waals surface area contributed by atoms with Gasteiger partial charge in [-0.15, -0.1) is 0 Å². The smallest absolute Gasteiger partial charge is 0.156 e. The molecule has 0 aliphatic carbocycles. The molecule has 1 fully saturated rings. The molecule has 1 aromatic heterocycles. The predicted molar refractivity (Wildman–Crippen MR) is 46.9 cm³/mol. The van der Waals surface area contributed by atoms with Crippen LogP contribution in [-0.2, 0) is 0 Å². The first kappa shape index (κ1) is 7.53. The lowest BCUT2D eigenvalue weighted by atomic mass is 10.1. The van der Waals surface area contributed by atoms with E-state index in [1.54, 1.807) is 12.4 Å². The summed E-state index contributed by atoms with van der Waals surface area (Å²) in [5, 5.41) is 0. The molecular weight excluding hydrogens is 150 g/mol. The Hall–Kier alpha value is -1.12. The number of nitrogens with zero attached hydrogens (tertiary/aromatic N) is 3. The van der Waals surface area contributed by atoms with Crippen LogP contribution in [0.5, 0.6) is 0 Å². The summed E-state index contributed by atoms with van der Waals surface area (Å²) in [5.41, 5.74) is 0. The molecule has 0 amide bonds. The van der Waals surface area contributed by atoms with Crippen LogP contribution in [0.15, 0.2) is 12.4 Å². The number of anilines is 1. The highest BCUT2D eigenvalue weighted by molar-refractivity contribution is 5.33. The number of piperidine rings is 1. The van der Waals surface area contributed by atoms with Crippen molar-refractivity contribution >= 4 is 5.82 Å². The molecule has 0 bridgehead atoms. The standard InChI is InChI=1S/C9H12N3/c1-2-6-12(7-3-1)9-8-10-4-5-11-9/h4-5H,1-3,6-7H2. The second-order valence-electron chi connectivity index (χ2n) is 3.04. The lowest BCUT2D eigenvalue weighted by Crippen LogP contribution is -2.30. The van der Waals surface area contributed by atoms with Crippen LogP contribution in [0.25, 0.3) is 0 Å². The number of rotatable bonds is 1. The molecule has 0 aromatic carbocycles. The van der Waals surface area contributed by atoms with Crippen molar-refractivity contribution in [3.8, 4) is 0 Å². The van der Waals surface area contributed by atoms with Crippen LogP contribution in [-0.4, -0.2) is 23.1 Å². The van der Waals surface area contributed by atoms with Gasteiger partial charge >= 0.3 is 0 Å². The summed E-state index contributed by atoms with van der Waals surface area (Å²) in [6.45, 7) is 2.21. The lowest BCUT2D eigenvalue weighted by molar-refractivity contribution is 0.572. The third-order valence-electron chi connectivity index (χ3n) is 2.16. The average molecular weight is 162 g/mol. The van der Waals surface area contributed by atoms with E-state index in [1.807, 2.05) is 0 Å². The molecule has 3 nitrogen and oxygen atoms in total. The Morgan fingerprint density at radius 3 is 2.67 bits per heavy atom. The number of hydrogen-bond acceptors (Lipinski definition) is 3. The van der Waals surface area contributed by atoms with Gasteiger partial charge in [0.25, 0.3) is 0 Å². The second-order valence-corrected chi connectivity index (χ2v) is 3.04. The van der Waals surface area contributed by atoms with Gasteiger partial charge in [0.1, 0.15) is 6.20 Å². The van der Waals surface area contributed by atoms with Crippen molar-refractivity contribution in [3.05, 3.63) is 18.6 Å². The van der Waals surface area contributed by atoms with Crippen LogP contribution in [0, 0.1) is 6.20 Å². The van der Waals surface area contributed by atoms with Crippen molar-refractivity contribution in [2.45, 2.75) is 19.3 Å². The molecule has 12 heavy (non-hydrogen) atoms. The molecule has 63 valence electrons. The van der Waals surface area contributed by atoms with Crippen LogP contribution >= 0.6 is 0 Å². The molecule has 1 aliphatic heterocycles. The molecule has 1 aliphatic rings. The minimum atomic E-state index is 0.900. The summed E-state index contributed by atoms with van der Waals surface area (Å²) >= 11 is 0. The zero-order valence-corrected chi connectivity index (χ0v) is 7.03. The van der Waals surface area contributed by atoms with Gasteiger partial charge in [0, 0.05) is 25.5 Å². The average Bonchev–Trinajstić information content (AvgIpc) is 2.21. The maximum absolute atomic E-state index is 4.21. The van der Waals surface area contributed by atoms with Crippen LogP contribution in [0.1, 0.15) is 19.3 Å². The van der Waals surface area contributed by atoms with E-state index in [0.29, 0.717) is 0 Å². The van der Waals surface area contributed by atoms with Gasteiger partial charge in [-0.25, -0.2) is 9.97 Å². The maximum Gasteiger partial charge on any atom is 0.156 e. The Morgan fingerprint density at radius 1 is 1.17 bits per heavy atom. The van der Waals surface area contributed by atoms with Gasteiger partial charge in [-0.3, -0.25) is 0 Å². The van der Waals surface area contributed by atoms with Crippen molar-refractivity contribution < 1.29 is 0 Å². The molecule has 0 atom stereocenters. The number of aromatic nitrogens is 2. The molecule has 0 unspecified atom stereocenters. The Balaban J connectivity index is 2.08. The fraction of sp³-hybridized carbons (Fsp3) is 0.556. The van der Waals surface area contributed by atoms with E-state index in [4.69, 9.17) is 0 Å². The molecule has 1 aromatic rings. The highest BCUT2D eigenvalue weighted by Gasteiger charge is 2.11. The van der Waals surface area contributed by atoms with Gasteiger partial charge < -0.3 is 4.90 Å². The molecule has 2 heterocycles. The molecule has 0 spiro atoms. The van der Waals surface area contributed by atoms with Gasteiger partial charge in [-0.1, -0.05) is 0 Å². The molecule has 0 saturated carbocycles. The summed E-state index contributed by atoms with van der Waals surface area (Å²) in [4.78, 5) is 10.4. The van der Waals surface area contributed by atoms with E-state index in [-0.39, 0.29) is 0 Å². The van der Waals surface area contributed by atoms with Crippen molar-refractivity contribution in [2.75, 3.05) is 18.0 Å². The van der Waals surface area contributed by atoms with Crippen LogP contribution in [0.2, 0.25) is 0 Å². The second kappa shape index (κ2) is 3.52. The van der Waals surface area contributed by atoms with Gasteiger partial charge in [0.2, 0.25) is 0 Å². The largest absolute Gasteiger partial charge is 0.355 e. The molecule has 1 radical (unpaired) electrons. The van der Waals surface area contributed by atoms with E-state index >= 15 is 0 Å². The maximum atomic E-state index is 4.21. The lowest BCUT2D eigenvalue weighted by Gasteiger charge is -2.26. The van der Waals surface area contributed by atoms with Gasteiger partial charge in [-0.05, 0) is 19.3 Å². The fourth-order valence-corrected chi connectivity index (χ4v) is 1.52. The van der Waals surface area contributed by atoms with E-state index in [1.165, 1.54) is 19.3 Å². The fourth-order valence-electron chi connectivity index (χ4n) is 1.52. The first-order valence-corrected chi connectivity index (χ1v) is 4.40. The highest BCUT2D eigenvalue weighted by atomic mass is 15.2. The monoisotopic (exact) mass is 162 g/mol. The van der Waals surface area contributed by atoms with Crippen LogP contribution in [0.3, 0.4) is 0 Å². The van der Waals surface area contributed by atoms with Crippen molar-refractivity contribution in [1.29, 1.82) is 0 Å². The third-order valence-corrected chi connectivity index (χ3v) is 2.16.